The summed E-state index contributed by atoms with van der Waals surface area (Å²) in [5.41, 5.74) is 3.85. The van der Waals surface area contributed by atoms with Gasteiger partial charge in [0.1, 0.15) is 5.69 Å². The summed E-state index contributed by atoms with van der Waals surface area (Å²) in [7, 11) is 0. The molecule has 2 heterocycles. The molecule has 0 aromatic carbocycles. The van der Waals surface area contributed by atoms with Crippen molar-refractivity contribution in [3.8, 4) is 0 Å². The van der Waals surface area contributed by atoms with Crippen molar-refractivity contribution in [2.75, 3.05) is 6.54 Å². The van der Waals surface area contributed by atoms with E-state index in [1.165, 1.54) is 11.8 Å². The number of Topliss-reactive ketones (excluding diaryl/α,β-unsaturated/α-hetero) is 1. The third kappa shape index (κ3) is 3.75. The Morgan fingerprint density at radius 3 is 2.46 bits per heavy atom. The van der Waals surface area contributed by atoms with Gasteiger partial charge in [0.15, 0.2) is 5.78 Å². The number of H-pyrrole nitrogens is 1. The number of hydrogen-bond donors (Lipinski definition) is 2. The van der Waals surface area contributed by atoms with Gasteiger partial charge in [0, 0.05) is 29.1 Å². The van der Waals surface area contributed by atoms with Crippen molar-refractivity contribution in [3.63, 3.8) is 0 Å². The Balaban J connectivity index is 2.05. The molecule has 6 heteroatoms. The van der Waals surface area contributed by atoms with Gasteiger partial charge in [-0.3, -0.25) is 9.59 Å². The van der Waals surface area contributed by atoms with Crippen molar-refractivity contribution in [2.45, 2.75) is 53.9 Å². The van der Waals surface area contributed by atoms with Crippen LogP contribution in [-0.2, 0) is 19.3 Å². The Bertz CT molecular complexity index is 759. The zero-order chi connectivity index (χ0) is 17.9. The highest BCUT2D eigenvalue weighted by atomic mass is 32.1. The summed E-state index contributed by atoms with van der Waals surface area (Å²) < 4.78 is 0. The lowest BCUT2D eigenvalue weighted by molar-refractivity contribution is 0.0948. The highest BCUT2D eigenvalue weighted by Crippen LogP contribution is 2.21. The fourth-order valence-electron chi connectivity index (χ4n) is 2.99. The maximum absolute atomic E-state index is 12.5. The van der Waals surface area contributed by atoms with Crippen LogP contribution >= 0.6 is 11.3 Å². The van der Waals surface area contributed by atoms with Gasteiger partial charge < -0.3 is 10.3 Å². The van der Waals surface area contributed by atoms with Crippen LogP contribution in [0.2, 0.25) is 0 Å². The molecule has 0 unspecified atom stereocenters. The lowest BCUT2D eigenvalue weighted by Gasteiger charge is -2.05. The van der Waals surface area contributed by atoms with Gasteiger partial charge in [-0.25, -0.2) is 4.98 Å². The maximum atomic E-state index is 12.5. The molecular weight excluding hydrogens is 322 g/mol. The molecule has 0 saturated heterocycles. The number of aromatic nitrogens is 2. The predicted octanol–water partition coefficient (Wildman–Crippen LogP) is 3.39. The van der Waals surface area contributed by atoms with Crippen molar-refractivity contribution in [3.05, 3.63) is 38.1 Å². The monoisotopic (exact) mass is 347 g/mol. The van der Waals surface area contributed by atoms with Crippen LogP contribution in [0.4, 0.5) is 0 Å². The number of thiazole rings is 1. The maximum Gasteiger partial charge on any atom is 0.268 e. The molecule has 0 radical (unpaired) electrons. The number of nitrogens with zero attached hydrogens (tertiary/aromatic N) is 1. The normalized spacial score (nSPS) is 10.9. The molecule has 0 atom stereocenters. The Labute approximate surface area is 146 Å². The highest BCUT2D eigenvalue weighted by molar-refractivity contribution is 7.11. The van der Waals surface area contributed by atoms with Crippen LogP contribution in [-0.4, -0.2) is 28.2 Å². The van der Waals surface area contributed by atoms with Crippen molar-refractivity contribution >= 4 is 23.0 Å². The van der Waals surface area contributed by atoms with Gasteiger partial charge in [-0.2, -0.15) is 0 Å². The molecule has 2 aromatic heterocycles. The molecule has 5 nitrogen and oxygen atoms in total. The van der Waals surface area contributed by atoms with E-state index in [0.717, 1.165) is 34.8 Å². The van der Waals surface area contributed by atoms with Gasteiger partial charge in [0.05, 0.1) is 10.7 Å². The molecule has 0 aliphatic rings. The highest BCUT2D eigenvalue weighted by Gasteiger charge is 2.21. The summed E-state index contributed by atoms with van der Waals surface area (Å²) in [6.07, 6.45) is 2.30. The number of aryl methyl sites for hydroxylation is 3. The second-order valence-electron chi connectivity index (χ2n) is 5.86. The van der Waals surface area contributed by atoms with E-state index >= 15 is 0 Å². The molecule has 0 aliphatic carbocycles. The first-order valence-electron chi connectivity index (χ1n) is 8.34. The summed E-state index contributed by atoms with van der Waals surface area (Å²) in [5.74, 6) is -0.170. The van der Waals surface area contributed by atoms with E-state index in [4.69, 9.17) is 0 Å². The molecule has 130 valence electrons. The van der Waals surface area contributed by atoms with E-state index in [1.54, 1.807) is 11.3 Å². The van der Waals surface area contributed by atoms with Crippen molar-refractivity contribution in [1.82, 2.24) is 15.3 Å². The molecule has 2 aromatic rings. The molecule has 2 N–H and O–H groups in total. The number of aromatic amines is 1. The third-order valence-corrected chi connectivity index (χ3v) is 5.19. The molecule has 0 saturated carbocycles. The van der Waals surface area contributed by atoms with Crippen molar-refractivity contribution in [1.29, 1.82) is 0 Å². The Morgan fingerprint density at radius 1 is 1.21 bits per heavy atom. The number of carbonyl (C=O) groups excluding carboxylic acids is 2. The van der Waals surface area contributed by atoms with Gasteiger partial charge in [-0.1, -0.05) is 13.8 Å². The van der Waals surface area contributed by atoms with Crippen LogP contribution in [0.3, 0.4) is 0 Å². The topological polar surface area (TPSA) is 74.8 Å². The lowest BCUT2D eigenvalue weighted by atomic mass is 10.0. The average molecular weight is 347 g/mol. The summed E-state index contributed by atoms with van der Waals surface area (Å²) in [6.45, 7) is 10.0. The fraction of sp³-hybridized carbons (Fsp3) is 0.500. The number of hydrogen-bond acceptors (Lipinski definition) is 4. The number of carbonyl (C=O) groups is 2. The van der Waals surface area contributed by atoms with Crippen LogP contribution in [0.15, 0.2) is 0 Å². The molecule has 0 bridgehead atoms. The van der Waals surface area contributed by atoms with Crippen LogP contribution in [0.25, 0.3) is 0 Å². The quantitative estimate of drug-likeness (QED) is 0.754. The summed E-state index contributed by atoms with van der Waals surface area (Å²) in [5, 5.41) is 3.98. The summed E-state index contributed by atoms with van der Waals surface area (Å²) in [6, 6.07) is 0. The number of amides is 1. The van der Waals surface area contributed by atoms with E-state index in [1.807, 2.05) is 13.8 Å². The number of nitrogens with one attached hydrogen (secondary N) is 2. The Morgan fingerprint density at radius 2 is 1.92 bits per heavy atom. The Hall–Kier alpha value is -1.95. The van der Waals surface area contributed by atoms with Crippen LogP contribution in [0.1, 0.15) is 68.5 Å². The number of ketones is 1. The minimum Gasteiger partial charge on any atom is -0.354 e. The molecule has 0 fully saturated rings. The van der Waals surface area contributed by atoms with Gasteiger partial charge >= 0.3 is 0 Å². The van der Waals surface area contributed by atoms with Gasteiger partial charge in [0.2, 0.25) is 0 Å². The zero-order valence-electron chi connectivity index (χ0n) is 15.0. The van der Waals surface area contributed by atoms with Gasteiger partial charge in [-0.05, 0) is 39.2 Å². The van der Waals surface area contributed by atoms with E-state index in [0.29, 0.717) is 24.2 Å². The molecular formula is C18H25N3O2S. The summed E-state index contributed by atoms with van der Waals surface area (Å²) in [4.78, 5) is 33.2. The average Bonchev–Trinajstić information content (AvgIpc) is 3.06. The van der Waals surface area contributed by atoms with E-state index in [9.17, 15) is 9.59 Å². The first-order chi connectivity index (χ1) is 11.4. The zero-order valence-corrected chi connectivity index (χ0v) is 15.8. The first-order valence-corrected chi connectivity index (χ1v) is 9.16. The fourth-order valence-corrected chi connectivity index (χ4v) is 4.02. The van der Waals surface area contributed by atoms with Crippen molar-refractivity contribution < 1.29 is 9.59 Å². The second-order valence-corrected chi connectivity index (χ2v) is 7.15. The minimum absolute atomic E-state index is 0.00925. The van der Waals surface area contributed by atoms with E-state index in [2.05, 4.69) is 29.1 Å². The largest absolute Gasteiger partial charge is 0.354 e. The molecule has 0 spiro atoms. The molecule has 0 aliphatic heterocycles. The van der Waals surface area contributed by atoms with Gasteiger partial charge in [-0.15, -0.1) is 11.3 Å². The third-order valence-electron chi connectivity index (χ3n) is 4.12. The van der Waals surface area contributed by atoms with Crippen LogP contribution in [0.5, 0.6) is 0 Å². The predicted molar refractivity (Wildman–Crippen MR) is 97.2 cm³/mol. The second kappa shape index (κ2) is 7.75. The number of rotatable bonds is 7. The molecule has 24 heavy (non-hydrogen) atoms. The van der Waals surface area contributed by atoms with E-state index < -0.39 is 0 Å². The lowest BCUT2D eigenvalue weighted by Crippen LogP contribution is -2.27. The van der Waals surface area contributed by atoms with Crippen LogP contribution in [0, 0.1) is 13.8 Å². The van der Waals surface area contributed by atoms with Gasteiger partial charge in [0.25, 0.3) is 5.91 Å². The van der Waals surface area contributed by atoms with E-state index in [-0.39, 0.29) is 11.7 Å². The first kappa shape index (κ1) is 18.4. The smallest absolute Gasteiger partial charge is 0.268 e. The summed E-state index contributed by atoms with van der Waals surface area (Å²) >= 11 is 1.69. The Kier molecular flexibility index (Phi) is 5.94. The van der Waals surface area contributed by atoms with Crippen LogP contribution < -0.4 is 5.32 Å². The van der Waals surface area contributed by atoms with Crippen molar-refractivity contribution in [2.24, 2.45) is 0 Å². The standard InChI is InChI=1S/C18H25N3O2S/c1-6-13-16(11(4)22)10(3)20-17(13)18(23)19-9-8-15-21-14(7-2)12(5)24-15/h20H,6-9H2,1-5H3,(H,19,23). The SMILES string of the molecule is CCc1nc(CCNC(=O)c2[nH]c(C)c(C(C)=O)c2CC)sc1C. The minimum atomic E-state index is -0.161. The molecule has 1 amide bonds. The molecule has 2 rings (SSSR count).